The third-order valence-electron chi connectivity index (χ3n) is 9.21. The van der Waals surface area contributed by atoms with E-state index < -0.39 is 49.0 Å². The van der Waals surface area contributed by atoms with Crippen molar-refractivity contribution in [2.75, 3.05) is 6.61 Å². The lowest BCUT2D eigenvalue weighted by molar-refractivity contribution is -0.222. The number of ether oxygens (including phenoxy) is 1. The Kier molecular flexibility index (Phi) is 24.9. The molecular weight excluding hydrogens is 532 g/mol. The van der Waals surface area contributed by atoms with Crippen LogP contribution in [0.25, 0.3) is 0 Å². The molecule has 0 bridgehead atoms. The Morgan fingerprint density at radius 3 is 1.12 bits per heavy atom. The average molecular weight is 601 g/mol. The van der Waals surface area contributed by atoms with E-state index in [2.05, 4.69) is 6.92 Å². The summed E-state index contributed by atoms with van der Waals surface area (Å²) < 4.78 is 5.27. The third kappa shape index (κ3) is 18.2. The SMILES string of the molecule is CCCCCCCCCCCCCCCCCCCCCCCCCCCC(=O)O[C@H]1[C@H](O)[C@@H](O)[C@H](O)[C@@H](O)[C@H]1CO. The molecule has 250 valence electrons. The predicted molar refractivity (Wildman–Crippen MR) is 170 cm³/mol. The van der Waals surface area contributed by atoms with Crippen LogP contribution in [0.2, 0.25) is 0 Å². The van der Waals surface area contributed by atoms with Crippen molar-refractivity contribution in [2.24, 2.45) is 5.92 Å². The molecule has 0 saturated heterocycles. The van der Waals surface area contributed by atoms with E-state index in [1.54, 1.807) is 0 Å². The highest BCUT2D eigenvalue weighted by Gasteiger charge is 2.50. The standard InChI is InChI=1S/C35H68O7/c1-2-3-4-5-6-7-8-9-10-11-12-13-14-15-16-17-18-19-20-21-22-23-24-25-26-27-30(37)42-35-29(28-36)31(38)32(39)33(40)34(35)41/h29,31-36,38-41H,2-28H2,1H3/t29-,31+,32-,33+,34-,35-/m1/s1. The van der Waals surface area contributed by atoms with Crippen LogP contribution in [0.3, 0.4) is 0 Å². The van der Waals surface area contributed by atoms with Crippen LogP contribution in [0.4, 0.5) is 0 Å². The van der Waals surface area contributed by atoms with E-state index >= 15 is 0 Å². The number of hydrogen-bond acceptors (Lipinski definition) is 7. The zero-order valence-electron chi connectivity index (χ0n) is 27.1. The normalized spacial score (nSPS) is 24.2. The molecule has 0 amide bonds. The summed E-state index contributed by atoms with van der Waals surface area (Å²) in [6.07, 6.45) is 25.8. The maximum Gasteiger partial charge on any atom is 0.306 e. The molecule has 0 aromatic rings. The molecular formula is C35H68O7. The molecule has 1 rings (SSSR count). The second-order valence-electron chi connectivity index (χ2n) is 13.0. The van der Waals surface area contributed by atoms with Crippen LogP contribution < -0.4 is 0 Å². The Balaban J connectivity index is 1.83. The van der Waals surface area contributed by atoms with Gasteiger partial charge in [-0.25, -0.2) is 0 Å². The van der Waals surface area contributed by atoms with Gasteiger partial charge in [0.15, 0.2) is 0 Å². The van der Waals surface area contributed by atoms with Crippen LogP contribution in [0.15, 0.2) is 0 Å². The van der Waals surface area contributed by atoms with E-state index in [0.29, 0.717) is 6.42 Å². The molecule has 1 fully saturated rings. The van der Waals surface area contributed by atoms with Gasteiger partial charge in [0.05, 0.1) is 18.6 Å². The Bertz CT molecular complexity index is 616. The predicted octanol–water partition coefficient (Wildman–Crippen LogP) is 7.13. The zero-order chi connectivity index (χ0) is 30.8. The number of rotatable bonds is 28. The number of carbonyl (C=O) groups excluding carboxylic acids is 1. The second kappa shape index (κ2) is 26.7. The van der Waals surface area contributed by atoms with Crippen molar-refractivity contribution < 1.29 is 35.1 Å². The Morgan fingerprint density at radius 2 is 0.786 bits per heavy atom. The van der Waals surface area contributed by atoms with E-state index in [1.807, 2.05) is 0 Å². The molecule has 6 atom stereocenters. The first-order valence-electron chi connectivity index (χ1n) is 18.0. The van der Waals surface area contributed by atoms with Gasteiger partial charge in [0.25, 0.3) is 0 Å². The molecule has 0 aromatic carbocycles. The molecule has 0 radical (unpaired) electrons. The van der Waals surface area contributed by atoms with E-state index in [1.165, 1.54) is 135 Å². The smallest absolute Gasteiger partial charge is 0.306 e. The molecule has 1 saturated carbocycles. The molecule has 0 heterocycles. The topological polar surface area (TPSA) is 127 Å². The van der Waals surface area contributed by atoms with Gasteiger partial charge in [-0.1, -0.05) is 161 Å². The fourth-order valence-corrected chi connectivity index (χ4v) is 6.29. The summed E-state index contributed by atoms with van der Waals surface area (Å²) in [5.74, 6) is -1.56. The minimum absolute atomic E-state index is 0.190. The van der Waals surface area contributed by atoms with Gasteiger partial charge in [0.1, 0.15) is 24.4 Å². The largest absolute Gasteiger partial charge is 0.459 e. The number of esters is 1. The maximum absolute atomic E-state index is 12.2. The first-order chi connectivity index (χ1) is 20.4. The maximum atomic E-state index is 12.2. The Morgan fingerprint density at radius 1 is 0.476 bits per heavy atom. The highest BCUT2D eigenvalue weighted by atomic mass is 16.6. The highest BCUT2D eigenvalue weighted by Crippen LogP contribution is 2.29. The van der Waals surface area contributed by atoms with Crippen LogP contribution >= 0.6 is 0 Å². The molecule has 5 N–H and O–H groups in total. The lowest BCUT2D eigenvalue weighted by atomic mass is 9.78. The van der Waals surface area contributed by atoms with Crippen LogP contribution in [-0.4, -0.2) is 68.6 Å². The van der Waals surface area contributed by atoms with Gasteiger partial charge in [-0.3, -0.25) is 4.79 Å². The van der Waals surface area contributed by atoms with Crippen molar-refractivity contribution in [1.82, 2.24) is 0 Å². The Labute approximate surface area is 257 Å². The molecule has 42 heavy (non-hydrogen) atoms. The fourth-order valence-electron chi connectivity index (χ4n) is 6.29. The highest BCUT2D eigenvalue weighted by molar-refractivity contribution is 5.69. The summed E-state index contributed by atoms with van der Waals surface area (Å²) in [5.41, 5.74) is 0. The first kappa shape index (κ1) is 39.3. The zero-order valence-corrected chi connectivity index (χ0v) is 27.1. The number of hydrogen-bond donors (Lipinski definition) is 5. The number of unbranched alkanes of at least 4 members (excludes halogenated alkanes) is 24. The summed E-state index contributed by atoms with van der Waals surface area (Å²) in [4.78, 5) is 12.2. The van der Waals surface area contributed by atoms with Gasteiger partial charge < -0.3 is 30.3 Å². The monoisotopic (exact) mass is 600 g/mol. The Hall–Kier alpha value is -0.730. The second-order valence-corrected chi connectivity index (χ2v) is 13.0. The molecule has 7 heteroatoms. The molecule has 1 aliphatic rings. The molecule has 7 nitrogen and oxygen atoms in total. The number of carbonyl (C=O) groups is 1. The summed E-state index contributed by atoms with van der Waals surface area (Å²) >= 11 is 0. The summed E-state index contributed by atoms with van der Waals surface area (Å²) in [6.45, 7) is 1.71. The van der Waals surface area contributed by atoms with Gasteiger partial charge >= 0.3 is 5.97 Å². The van der Waals surface area contributed by atoms with Crippen molar-refractivity contribution in [2.45, 2.75) is 204 Å². The van der Waals surface area contributed by atoms with Crippen LogP contribution in [0.5, 0.6) is 0 Å². The molecule has 0 unspecified atom stereocenters. The quantitative estimate of drug-likeness (QED) is 0.0478. The minimum Gasteiger partial charge on any atom is -0.459 e. The lowest BCUT2D eigenvalue weighted by Gasteiger charge is -2.42. The van der Waals surface area contributed by atoms with E-state index in [0.717, 1.165) is 19.3 Å². The molecule has 0 spiro atoms. The minimum atomic E-state index is -1.63. The van der Waals surface area contributed by atoms with Crippen LogP contribution in [0, 0.1) is 5.92 Å². The van der Waals surface area contributed by atoms with Gasteiger partial charge in [-0.15, -0.1) is 0 Å². The van der Waals surface area contributed by atoms with E-state index in [-0.39, 0.29) is 6.42 Å². The van der Waals surface area contributed by atoms with Gasteiger partial charge in [-0.2, -0.15) is 0 Å². The van der Waals surface area contributed by atoms with E-state index in [4.69, 9.17) is 4.74 Å². The molecule has 0 aliphatic heterocycles. The van der Waals surface area contributed by atoms with E-state index in [9.17, 15) is 30.3 Å². The fraction of sp³-hybridized carbons (Fsp3) is 0.971. The van der Waals surface area contributed by atoms with Gasteiger partial charge in [0.2, 0.25) is 0 Å². The van der Waals surface area contributed by atoms with Crippen molar-refractivity contribution in [1.29, 1.82) is 0 Å². The third-order valence-corrected chi connectivity index (χ3v) is 9.21. The summed E-state index contributed by atoms with van der Waals surface area (Å²) in [7, 11) is 0. The van der Waals surface area contributed by atoms with Crippen LogP contribution in [0.1, 0.15) is 174 Å². The summed E-state index contributed by atoms with van der Waals surface area (Å²) in [5, 5.41) is 49.2. The molecule has 1 aliphatic carbocycles. The van der Waals surface area contributed by atoms with Crippen molar-refractivity contribution in [3.05, 3.63) is 0 Å². The van der Waals surface area contributed by atoms with Gasteiger partial charge in [-0.05, 0) is 6.42 Å². The average Bonchev–Trinajstić information content (AvgIpc) is 2.99. The van der Waals surface area contributed by atoms with Crippen molar-refractivity contribution in [3.8, 4) is 0 Å². The number of aliphatic hydroxyl groups is 5. The van der Waals surface area contributed by atoms with Gasteiger partial charge in [0, 0.05) is 6.42 Å². The first-order valence-corrected chi connectivity index (χ1v) is 18.0. The number of aliphatic hydroxyl groups excluding tert-OH is 5. The molecule has 0 aromatic heterocycles. The summed E-state index contributed by atoms with van der Waals surface area (Å²) in [6, 6.07) is 0. The van der Waals surface area contributed by atoms with Crippen molar-refractivity contribution >= 4 is 5.97 Å². The van der Waals surface area contributed by atoms with Crippen molar-refractivity contribution in [3.63, 3.8) is 0 Å². The van der Waals surface area contributed by atoms with Crippen LogP contribution in [-0.2, 0) is 9.53 Å². The lowest BCUT2D eigenvalue weighted by Crippen LogP contribution is -2.62.